The van der Waals surface area contributed by atoms with Crippen LogP contribution in [0.5, 0.6) is 0 Å². The fourth-order valence-electron chi connectivity index (χ4n) is 2.03. The van der Waals surface area contributed by atoms with Crippen molar-refractivity contribution in [3.63, 3.8) is 0 Å². The van der Waals surface area contributed by atoms with Gasteiger partial charge in [-0.15, -0.1) is 11.3 Å². The molecule has 0 amide bonds. The molecule has 0 spiro atoms. The molecule has 1 atom stereocenters. The predicted octanol–water partition coefficient (Wildman–Crippen LogP) is 4.07. The maximum atomic E-state index is 5.88. The van der Waals surface area contributed by atoms with Crippen molar-refractivity contribution in [2.45, 2.75) is 45.2 Å². The molecule has 1 heterocycles. The van der Waals surface area contributed by atoms with E-state index >= 15 is 0 Å². The first-order valence-electron chi connectivity index (χ1n) is 5.71. The molecule has 1 aromatic rings. The zero-order valence-corrected chi connectivity index (χ0v) is 10.7. The molecule has 1 saturated carbocycles. The Morgan fingerprint density at radius 2 is 2.33 bits per heavy atom. The molecule has 15 heavy (non-hydrogen) atoms. The van der Waals surface area contributed by atoms with Crippen LogP contribution >= 0.6 is 22.9 Å². The Balaban J connectivity index is 1.68. The molecule has 0 aromatic carbocycles. The first-order valence-corrected chi connectivity index (χ1v) is 6.91. The molecule has 0 aliphatic heterocycles. The molecule has 0 radical (unpaired) electrons. The Morgan fingerprint density at radius 1 is 1.53 bits per heavy atom. The zero-order valence-electron chi connectivity index (χ0n) is 9.13. The second kappa shape index (κ2) is 5.33. The summed E-state index contributed by atoms with van der Waals surface area (Å²) in [6.45, 7) is 3.25. The summed E-state index contributed by atoms with van der Waals surface area (Å²) >= 11 is 7.55. The van der Waals surface area contributed by atoms with Crippen LogP contribution in [0.1, 0.15) is 37.5 Å². The van der Waals surface area contributed by atoms with Crippen molar-refractivity contribution in [3.8, 4) is 0 Å². The summed E-state index contributed by atoms with van der Waals surface area (Å²) < 4.78 is 0.887. The molecule has 3 heteroatoms. The molecule has 84 valence electrons. The van der Waals surface area contributed by atoms with Gasteiger partial charge in [-0.05, 0) is 31.4 Å². The number of hydrogen-bond acceptors (Lipinski definition) is 2. The normalized spacial score (nSPS) is 18.8. The molecule has 1 nitrogen and oxygen atoms in total. The number of hydrogen-bond donors (Lipinski definition) is 1. The van der Waals surface area contributed by atoms with Crippen LogP contribution in [0.4, 0.5) is 0 Å². The van der Waals surface area contributed by atoms with Gasteiger partial charge in [0.2, 0.25) is 0 Å². The van der Waals surface area contributed by atoms with Crippen LogP contribution in [-0.4, -0.2) is 6.04 Å². The summed E-state index contributed by atoms with van der Waals surface area (Å²) in [6, 6.07) is 4.71. The van der Waals surface area contributed by atoms with E-state index in [1.165, 1.54) is 30.6 Å². The molecule has 1 fully saturated rings. The van der Waals surface area contributed by atoms with E-state index in [-0.39, 0.29) is 0 Å². The monoisotopic (exact) mass is 243 g/mol. The van der Waals surface area contributed by atoms with Crippen molar-refractivity contribution in [3.05, 3.63) is 21.3 Å². The molecule has 1 aliphatic rings. The maximum Gasteiger partial charge on any atom is 0.0931 e. The Kier molecular flexibility index (Phi) is 4.06. The van der Waals surface area contributed by atoms with Gasteiger partial charge in [0.05, 0.1) is 4.34 Å². The van der Waals surface area contributed by atoms with Gasteiger partial charge in [-0.25, -0.2) is 0 Å². The van der Waals surface area contributed by atoms with Gasteiger partial charge < -0.3 is 5.32 Å². The van der Waals surface area contributed by atoms with Crippen molar-refractivity contribution in [1.82, 2.24) is 5.32 Å². The minimum Gasteiger partial charge on any atom is -0.309 e. The van der Waals surface area contributed by atoms with E-state index in [4.69, 9.17) is 11.6 Å². The van der Waals surface area contributed by atoms with E-state index in [0.717, 1.165) is 16.8 Å². The van der Waals surface area contributed by atoms with Gasteiger partial charge in [0.15, 0.2) is 0 Å². The average molecular weight is 244 g/mol. The van der Waals surface area contributed by atoms with Crippen LogP contribution < -0.4 is 5.32 Å². The molecular weight excluding hydrogens is 226 g/mol. The highest BCUT2D eigenvalue weighted by Crippen LogP contribution is 2.30. The van der Waals surface area contributed by atoms with Crippen LogP contribution in [0, 0.1) is 5.92 Å². The van der Waals surface area contributed by atoms with Gasteiger partial charge in [0, 0.05) is 17.5 Å². The first-order chi connectivity index (χ1) is 7.24. The van der Waals surface area contributed by atoms with E-state index in [1.54, 1.807) is 11.3 Å². The lowest BCUT2D eigenvalue weighted by Gasteiger charge is -2.28. The van der Waals surface area contributed by atoms with E-state index in [0.29, 0.717) is 6.04 Å². The summed E-state index contributed by atoms with van der Waals surface area (Å²) in [7, 11) is 0. The second-order valence-corrected chi connectivity index (χ2v) is 6.32. The Labute approximate surface area is 101 Å². The van der Waals surface area contributed by atoms with Gasteiger partial charge in [-0.3, -0.25) is 0 Å². The minimum absolute atomic E-state index is 0.635. The summed E-state index contributed by atoms with van der Waals surface area (Å²) in [5, 5.41) is 3.56. The SMILES string of the molecule is CC(CC1CCC1)NCc1ccc(Cl)s1. The standard InChI is InChI=1S/C12H18ClNS/c1-9(7-10-3-2-4-10)14-8-11-5-6-12(13)15-11/h5-6,9-10,14H,2-4,7-8H2,1H3. The van der Waals surface area contributed by atoms with E-state index in [9.17, 15) is 0 Å². The molecule has 0 bridgehead atoms. The maximum absolute atomic E-state index is 5.88. The number of nitrogens with one attached hydrogen (secondary N) is 1. The highest BCUT2D eigenvalue weighted by molar-refractivity contribution is 7.16. The third-order valence-corrected chi connectivity index (χ3v) is 4.40. The van der Waals surface area contributed by atoms with Crippen molar-refractivity contribution < 1.29 is 0 Å². The van der Waals surface area contributed by atoms with Crippen LogP contribution in [-0.2, 0) is 6.54 Å². The molecule has 1 aromatic heterocycles. The van der Waals surface area contributed by atoms with Crippen molar-refractivity contribution in [2.24, 2.45) is 5.92 Å². The lowest BCUT2D eigenvalue weighted by molar-refractivity contribution is 0.266. The van der Waals surface area contributed by atoms with Gasteiger partial charge in [0.25, 0.3) is 0 Å². The smallest absolute Gasteiger partial charge is 0.0931 e. The van der Waals surface area contributed by atoms with Gasteiger partial charge in [-0.1, -0.05) is 30.9 Å². The van der Waals surface area contributed by atoms with Gasteiger partial charge in [0.1, 0.15) is 0 Å². The Bertz CT molecular complexity index is 306. The predicted molar refractivity (Wildman–Crippen MR) is 67.6 cm³/mol. The summed E-state index contributed by atoms with van der Waals surface area (Å²) in [5.41, 5.74) is 0. The van der Waals surface area contributed by atoms with E-state index < -0.39 is 0 Å². The molecule has 1 N–H and O–H groups in total. The fraction of sp³-hybridized carbons (Fsp3) is 0.667. The topological polar surface area (TPSA) is 12.0 Å². The number of thiophene rings is 1. The van der Waals surface area contributed by atoms with Crippen LogP contribution in [0.2, 0.25) is 4.34 Å². The lowest BCUT2D eigenvalue weighted by atomic mass is 9.81. The van der Waals surface area contributed by atoms with Crippen molar-refractivity contribution >= 4 is 22.9 Å². The number of rotatable bonds is 5. The van der Waals surface area contributed by atoms with E-state index in [2.05, 4.69) is 18.3 Å². The van der Waals surface area contributed by atoms with Crippen molar-refractivity contribution in [2.75, 3.05) is 0 Å². The lowest BCUT2D eigenvalue weighted by Crippen LogP contribution is -2.29. The quantitative estimate of drug-likeness (QED) is 0.822. The van der Waals surface area contributed by atoms with Gasteiger partial charge >= 0.3 is 0 Å². The number of halogens is 1. The average Bonchev–Trinajstić information content (AvgIpc) is 2.55. The third-order valence-electron chi connectivity index (χ3n) is 3.17. The van der Waals surface area contributed by atoms with Crippen LogP contribution in [0.25, 0.3) is 0 Å². The Hall–Kier alpha value is -0.0500. The summed E-state index contributed by atoms with van der Waals surface area (Å²) in [5.74, 6) is 0.986. The fourth-order valence-corrected chi connectivity index (χ4v) is 3.07. The molecule has 1 unspecified atom stereocenters. The molecule has 1 aliphatic carbocycles. The largest absolute Gasteiger partial charge is 0.309 e. The second-order valence-electron chi connectivity index (χ2n) is 4.52. The molecule has 0 saturated heterocycles. The third kappa shape index (κ3) is 3.47. The van der Waals surface area contributed by atoms with Gasteiger partial charge in [-0.2, -0.15) is 0 Å². The van der Waals surface area contributed by atoms with Crippen LogP contribution in [0.3, 0.4) is 0 Å². The first kappa shape index (κ1) is 11.4. The van der Waals surface area contributed by atoms with Crippen LogP contribution in [0.15, 0.2) is 12.1 Å². The minimum atomic E-state index is 0.635. The summed E-state index contributed by atoms with van der Waals surface area (Å²) in [6.07, 6.45) is 5.66. The molecular formula is C12H18ClNS. The molecule has 2 rings (SSSR count). The van der Waals surface area contributed by atoms with Crippen molar-refractivity contribution in [1.29, 1.82) is 0 Å². The zero-order chi connectivity index (χ0) is 10.7. The summed E-state index contributed by atoms with van der Waals surface area (Å²) in [4.78, 5) is 1.33. The highest BCUT2D eigenvalue weighted by Gasteiger charge is 2.19. The van der Waals surface area contributed by atoms with E-state index in [1.807, 2.05) is 6.07 Å². The highest BCUT2D eigenvalue weighted by atomic mass is 35.5. The Morgan fingerprint density at radius 3 is 2.87 bits per heavy atom.